The normalized spacial score (nSPS) is 14.8. The van der Waals surface area contributed by atoms with Crippen LogP contribution in [0.4, 0.5) is 0 Å². The molecule has 1 aromatic heterocycles. The fraction of sp³-hybridized carbons (Fsp3) is 0.444. The van der Waals surface area contributed by atoms with Gasteiger partial charge in [0.05, 0.1) is 13.1 Å². The van der Waals surface area contributed by atoms with E-state index in [-0.39, 0.29) is 0 Å². The van der Waals surface area contributed by atoms with Gasteiger partial charge in [0, 0.05) is 12.6 Å². The van der Waals surface area contributed by atoms with Crippen molar-refractivity contribution in [2.24, 2.45) is 0 Å². The summed E-state index contributed by atoms with van der Waals surface area (Å²) in [5.41, 5.74) is 2.66. The first-order valence-electron chi connectivity index (χ1n) is 7.74. The second-order valence-electron chi connectivity index (χ2n) is 6.18. The summed E-state index contributed by atoms with van der Waals surface area (Å²) in [6.45, 7) is 4.77. The van der Waals surface area contributed by atoms with E-state index in [0.717, 1.165) is 37.2 Å². The molecule has 3 nitrogen and oxygen atoms in total. The number of hydrogen-bond donors (Lipinski definition) is 1. The van der Waals surface area contributed by atoms with Crippen LogP contribution in [0.2, 0.25) is 0 Å². The predicted octanol–water partition coefficient (Wildman–Crippen LogP) is 3.47. The molecule has 1 aromatic carbocycles. The molecule has 1 saturated carbocycles. The van der Waals surface area contributed by atoms with Gasteiger partial charge in [-0.15, -0.1) is 0 Å². The number of rotatable bonds is 7. The standard InChI is InChI=1S/C18H24N2O/c1-14-4-3-5-15(10-14)12-20(2)13-18-9-8-17(21-18)11-19-16-6-7-16/h3-5,8-10,16,19H,6-7,11-13H2,1-2H3. The van der Waals surface area contributed by atoms with Gasteiger partial charge in [-0.1, -0.05) is 29.8 Å². The van der Waals surface area contributed by atoms with Crippen molar-refractivity contribution >= 4 is 0 Å². The third-order valence-electron chi connectivity index (χ3n) is 3.82. The molecular weight excluding hydrogens is 260 g/mol. The van der Waals surface area contributed by atoms with Gasteiger partial charge < -0.3 is 9.73 Å². The maximum absolute atomic E-state index is 5.89. The molecule has 1 fully saturated rings. The van der Waals surface area contributed by atoms with Gasteiger partial charge in [-0.25, -0.2) is 0 Å². The van der Waals surface area contributed by atoms with Crippen molar-refractivity contribution in [3.8, 4) is 0 Å². The highest BCUT2D eigenvalue weighted by Crippen LogP contribution is 2.20. The summed E-state index contributed by atoms with van der Waals surface area (Å²) in [5, 5.41) is 3.48. The fourth-order valence-electron chi connectivity index (χ4n) is 2.58. The van der Waals surface area contributed by atoms with Crippen LogP contribution < -0.4 is 5.32 Å². The Balaban J connectivity index is 1.50. The summed E-state index contributed by atoms with van der Waals surface area (Å²) < 4.78 is 5.89. The molecule has 0 radical (unpaired) electrons. The van der Waals surface area contributed by atoms with Gasteiger partial charge in [0.15, 0.2) is 0 Å². The topological polar surface area (TPSA) is 28.4 Å². The fourth-order valence-corrected chi connectivity index (χ4v) is 2.58. The largest absolute Gasteiger partial charge is 0.463 e. The molecule has 1 heterocycles. The minimum Gasteiger partial charge on any atom is -0.463 e. The van der Waals surface area contributed by atoms with Crippen LogP contribution in [-0.2, 0) is 19.6 Å². The monoisotopic (exact) mass is 284 g/mol. The molecule has 1 aliphatic carbocycles. The molecule has 0 spiro atoms. The Morgan fingerprint density at radius 3 is 2.71 bits per heavy atom. The van der Waals surface area contributed by atoms with Crippen LogP contribution >= 0.6 is 0 Å². The molecule has 0 bridgehead atoms. The smallest absolute Gasteiger partial charge is 0.118 e. The van der Waals surface area contributed by atoms with Gasteiger partial charge in [0.25, 0.3) is 0 Å². The number of nitrogens with one attached hydrogen (secondary N) is 1. The third-order valence-corrected chi connectivity index (χ3v) is 3.82. The lowest BCUT2D eigenvalue weighted by molar-refractivity contribution is 0.282. The van der Waals surface area contributed by atoms with Gasteiger partial charge in [-0.3, -0.25) is 4.90 Å². The SMILES string of the molecule is Cc1cccc(CN(C)Cc2ccc(CNC3CC3)o2)c1. The summed E-state index contributed by atoms with van der Waals surface area (Å²) >= 11 is 0. The Labute approximate surface area is 127 Å². The van der Waals surface area contributed by atoms with Crippen LogP contribution in [0.1, 0.15) is 35.5 Å². The molecule has 0 amide bonds. The first-order valence-corrected chi connectivity index (χ1v) is 7.74. The second-order valence-corrected chi connectivity index (χ2v) is 6.18. The van der Waals surface area contributed by atoms with E-state index in [4.69, 9.17) is 4.42 Å². The molecule has 0 saturated heterocycles. The van der Waals surface area contributed by atoms with Gasteiger partial charge >= 0.3 is 0 Å². The Hall–Kier alpha value is -1.58. The van der Waals surface area contributed by atoms with Gasteiger partial charge in [0.2, 0.25) is 0 Å². The Bertz CT molecular complexity index is 586. The van der Waals surface area contributed by atoms with Gasteiger partial charge in [-0.05, 0) is 44.5 Å². The predicted molar refractivity (Wildman–Crippen MR) is 84.9 cm³/mol. The number of furan rings is 1. The molecule has 0 atom stereocenters. The summed E-state index contributed by atoms with van der Waals surface area (Å²) in [7, 11) is 2.13. The van der Waals surface area contributed by atoms with Crippen molar-refractivity contribution in [2.75, 3.05) is 7.05 Å². The van der Waals surface area contributed by atoms with Crippen molar-refractivity contribution < 1.29 is 4.42 Å². The van der Waals surface area contributed by atoms with E-state index in [1.807, 2.05) is 0 Å². The highest BCUT2D eigenvalue weighted by Gasteiger charge is 2.20. The molecule has 0 unspecified atom stereocenters. The molecular formula is C18H24N2O. The van der Waals surface area contributed by atoms with Crippen LogP contribution in [0, 0.1) is 6.92 Å². The molecule has 1 N–H and O–H groups in total. The zero-order chi connectivity index (χ0) is 14.7. The highest BCUT2D eigenvalue weighted by molar-refractivity contribution is 5.22. The van der Waals surface area contributed by atoms with E-state index in [2.05, 4.69) is 60.6 Å². The number of nitrogens with zero attached hydrogens (tertiary/aromatic N) is 1. The lowest BCUT2D eigenvalue weighted by Gasteiger charge is -2.15. The van der Waals surface area contributed by atoms with E-state index in [1.54, 1.807) is 0 Å². The second kappa shape index (κ2) is 6.46. The van der Waals surface area contributed by atoms with Crippen molar-refractivity contribution in [1.29, 1.82) is 0 Å². The zero-order valence-corrected chi connectivity index (χ0v) is 12.9. The molecule has 21 heavy (non-hydrogen) atoms. The average Bonchev–Trinajstić information content (AvgIpc) is 3.17. The molecule has 3 rings (SSSR count). The maximum Gasteiger partial charge on any atom is 0.118 e. The van der Waals surface area contributed by atoms with Crippen molar-refractivity contribution in [1.82, 2.24) is 10.2 Å². The molecule has 2 aromatic rings. The Morgan fingerprint density at radius 1 is 1.14 bits per heavy atom. The van der Waals surface area contributed by atoms with E-state index in [0.29, 0.717) is 0 Å². The number of hydrogen-bond acceptors (Lipinski definition) is 3. The molecule has 3 heteroatoms. The Morgan fingerprint density at radius 2 is 1.95 bits per heavy atom. The molecule has 0 aliphatic heterocycles. The summed E-state index contributed by atoms with van der Waals surface area (Å²) in [5.74, 6) is 2.08. The van der Waals surface area contributed by atoms with Crippen molar-refractivity contribution in [3.63, 3.8) is 0 Å². The lowest BCUT2D eigenvalue weighted by Crippen LogP contribution is -2.17. The summed E-state index contributed by atoms with van der Waals surface area (Å²) in [6.07, 6.45) is 2.62. The Kier molecular flexibility index (Phi) is 4.42. The van der Waals surface area contributed by atoms with Gasteiger partial charge in [-0.2, -0.15) is 0 Å². The van der Waals surface area contributed by atoms with E-state index < -0.39 is 0 Å². The van der Waals surface area contributed by atoms with Gasteiger partial charge in [0.1, 0.15) is 11.5 Å². The number of aryl methyl sites for hydroxylation is 1. The first-order chi connectivity index (χ1) is 10.2. The van der Waals surface area contributed by atoms with Crippen LogP contribution in [0.25, 0.3) is 0 Å². The van der Waals surface area contributed by atoms with Crippen LogP contribution in [0.15, 0.2) is 40.8 Å². The minimum atomic E-state index is 0.725. The van der Waals surface area contributed by atoms with E-state index >= 15 is 0 Å². The van der Waals surface area contributed by atoms with Crippen LogP contribution in [0.3, 0.4) is 0 Å². The third kappa shape index (κ3) is 4.45. The quantitative estimate of drug-likeness (QED) is 0.844. The van der Waals surface area contributed by atoms with E-state index in [1.165, 1.54) is 24.0 Å². The minimum absolute atomic E-state index is 0.725. The first kappa shape index (κ1) is 14.4. The molecule has 1 aliphatic rings. The lowest BCUT2D eigenvalue weighted by atomic mass is 10.1. The van der Waals surface area contributed by atoms with Crippen LogP contribution in [0.5, 0.6) is 0 Å². The summed E-state index contributed by atoms with van der Waals surface area (Å²) in [6, 6.07) is 13.6. The zero-order valence-electron chi connectivity index (χ0n) is 12.9. The number of benzene rings is 1. The van der Waals surface area contributed by atoms with Crippen molar-refractivity contribution in [3.05, 3.63) is 59.0 Å². The molecule has 112 valence electrons. The van der Waals surface area contributed by atoms with Crippen molar-refractivity contribution in [2.45, 2.75) is 45.4 Å². The van der Waals surface area contributed by atoms with Crippen LogP contribution in [-0.4, -0.2) is 18.0 Å². The van der Waals surface area contributed by atoms with E-state index in [9.17, 15) is 0 Å². The average molecular weight is 284 g/mol. The maximum atomic E-state index is 5.89. The highest BCUT2D eigenvalue weighted by atomic mass is 16.3. The summed E-state index contributed by atoms with van der Waals surface area (Å²) in [4.78, 5) is 2.28.